The largest absolute Gasteiger partial charge is 0.462 e. The van der Waals surface area contributed by atoms with Gasteiger partial charge in [-0.25, -0.2) is 0 Å². The number of rotatable bonds is 64. The van der Waals surface area contributed by atoms with Crippen molar-refractivity contribution < 1.29 is 28.6 Å². The maximum atomic E-state index is 12.9. The average Bonchev–Trinajstić information content (AvgIpc) is 3.45. The van der Waals surface area contributed by atoms with Gasteiger partial charge in [0.2, 0.25) is 0 Å². The molecule has 0 heterocycles. The predicted octanol–water partition coefficient (Wildman–Crippen LogP) is 23.9. The molecule has 0 spiro atoms. The van der Waals surface area contributed by atoms with Gasteiger partial charge in [0.25, 0.3) is 0 Å². The van der Waals surface area contributed by atoms with Crippen LogP contribution in [0.5, 0.6) is 0 Å². The first kappa shape index (κ1) is 76.1. The van der Waals surface area contributed by atoms with Crippen LogP contribution in [0.2, 0.25) is 0 Å². The van der Waals surface area contributed by atoms with Crippen molar-refractivity contribution in [3.63, 3.8) is 0 Å². The predicted molar refractivity (Wildman–Crippen MR) is 344 cm³/mol. The van der Waals surface area contributed by atoms with E-state index in [-0.39, 0.29) is 31.1 Å². The highest BCUT2D eigenvalue weighted by Crippen LogP contribution is 2.18. The molecule has 1 atom stereocenters. The summed E-state index contributed by atoms with van der Waals surface area (Å²) in [6.07, 6.45) is 86.8. The number of hydrogen-bond donors (Lipinski definition) is 0. The van der Waals surface area contributed by atoms with Gasteiger partial charge >= 0.3 is 17.9 Å². The van der Waals surface area contributed by atoms with Gasteiger partial charge in [0.05, 0.1) is 0 Å². The van der Waals surface area contributed by atoms with Gasteiger partial charge in [-0.3, -0.25) is 14.4 Å². The van der Waals surface area contributed by atoms with E-state index in [1.807, 2.05) is 0 Å². The maximum Gasteiger partial charge on any atom is 0.306 e. The Hall–Kier alpha value is -2.89. The van der Waals surface area contributed by atoms with Crippen LogP contribution in [0.1, 0.15) is 367 Å². The molecule has 0 aliphatic heterocycles. The van der Waals surface area contributed by atoms with Crippen LogP contribution in [0, 0.1) is 0 Å². The third-order valence-corrected chi connectivity index (χ3v) is 15.5. The van der Waals surface area contributed by atoms with Crippen LogP contribution < -0.4 is 0 Å². The lowest BCUT2D eigenvalue weighted by Crippen LogP contribution is -2.30. The van der Waals surface area contributed by atoms with Crippen LogP contribution in [-0.2, 0) is 28.6 Å². The fraction of sp³-hybridized carbons (Fsp3) is 0.822. The van der Waals surface area contributed by atoms with Crippen molar-refractivity contribution in [2.45, 2.75) is 374 Å². The van der Waals surface area contributed by atoms with Crippen LogP contribution in [0.15, 0.2) is 60.8 Å². The molecular formula is C73H132O6. The van der Waals surface area contributed by atoms with E-state index in [1.54, 1.807) is 0 Å². The van der Waals surface area contributed by atoms with E-state index < -0.39 is 6.10 Å². The molecule has 0 N–H and O–H groups in total. The second-order valence-corrected chi connectivity index (χ2v) is 23.4. The number of esters is 3. The summed E-state index contributed by atoms with van der Waals surface area (Å²) in [5.74, 6) is -0.884. The van der Waals surface area contributed by atoms with Gasteiger partial charge in [-0.05, 0) is 83.5 Å². The summed E-state index contributed by atoms with van der Waals surface area (Å²) in [5.41, 5.74) is 0. The molecule has 79 heavy (non-hydrogen) atoms. The van der Waals surface area contributed by atoms with E-state index in [0.29, 0.717) is 19.3 Å². The number of ether oxygens (including phenoxy) is 3. The van der Waals surface area contributed by atoms with Crippen molar-refractivity contribution in [3.8, 4) is 0 Å². The van der Waals surface area contributed by atoms with Crippen molar-refractivity contribution >= 4 is 17.9 Å². The molecule has 0 rings (SSSR count). The van der Waals surface area contributed by atoms with E-state index in [0.717, 1.165) is 109 Å². The molecule has 0 saturated carbocycles. The molecule has 0 aliphatic carbocycles. The first-order chi connectivity index (χ1) is 39.0. The van der Waals surface area contributed by atoms with E-state index in [1.165, 1.54) is 218 Å². The quantitative estimate of drug-likeness (QED) is 0.0261. The average molecular weight is 1110 g/mol. The van der Waals surface area contributed by atoms with Gasteiger partial charge in [-0.15, -0.1) is 0 Å². The summed E-state index contributed by atoms with van der Waals surface area (Å²) in [6.45, 7) is 6.55. The molecule has 1 unspecified atom stereocenters. The van der Waals surface area contributed by atoms with E-state index in [4.69, 9.17) is 14.2 Å². The van der Waals surface area contributed by atoms with Gasteiger partial charge in [-0.2, -0.15) is 0 Å². The zero-order valence-corrected chi connectivity index (χ0v) is 52.9. The fourth-order valence-corrected chi connectivity index (χ4v) is 10.3. The Labute approximate surface area is 491 Å². The molecule has 6 nitrogen and oxygen atoms in total. The number of carbonyl (C=O) groups excluding carboxylic acids is 3. The van der Waals surface area contributed by atoms with Crippen molar-refractivity contribution in [1.82, 2.24) is 0 Å². The second kappa shape index (κ2) is 67.6. The molecular weight excluding hydrogens is 973 g/mol. The van der Waals surface area contributed by atoms with Crippen molar-refractivity contribution in [2.24, 2.45) is 0 Å². The van der Waals surface area contributed by atoms with Crippen LogP contribution in [-0.4, -0.2) is 37.2 Å². The highest BCUT2D eigenvalue weighted by molar-refractivity contribution is 5.71. The van der Waals surface area contributed by atoms with E-state index >= 15 is 0 Å². The molecule has 460 valence electrons. The Morgan fingerprint density at radius 1 is 0.266 bits per heavy atom. The minimum Gasteiger partial charge on any atom is -0.462 e. The SMILES string of the molecule is CC/C=C\C/C=C\C/C=C\CCCCCCCC(=O)OCC(COC(=O)CCCCCCCCCCCCCCCCCCCCCCCCCCCCCC)OC(=O)CCCCCCCCC/C=C\C/C=C\CCCCCC. The first-order valence-electron chi connectivity index (χ1n) is 34.8. The summed E-state index contributed by atoms with van der Waals surface area (Å²) in [4.78, 5) is 38.4. The molecule has 0 radical (unpaired) electrons. The summed E-state index contributed by atoms with van der Waals surface area (Å²) < 4.78 is 17.0. The number of allylic oxidation sites excluding steroid dienone is 10. The lowest BCUT2D eigenvalue weighted by atomic mass is 10.0. The minimum atomic E-state index is -0.786. The molecule has 0 aromatic rings. The topological polar surface area (TPSA) is 78.9 Å². The van der Waals surface area contributed by atoms with Crippen LogP contribution in [0.4, 0.5) is 0 Å². The minimum absolute atomic E-state index is 0.0799. The lowest BCUT2D eigenvalue weighted by Gasteiger charge is -2.18. The van der Waals surface area contributed by atoms with E-state index in [9.17, 15) is 14.4 Å². The van der Waals surface area contributed by atoms with Crippen LogP contribution >= 0.6 is 0 Å². The molecule has 0 bridgehead atoms. The van der Waals surface area contributed by atoms with Gasteiger partial charge in [-0.1, -0.05) is 326 Å². The molecule has 0 aliphatic rings. The van der Waals surface area contributed by atoms with Crippen LogP contribution in [0.25, 0.3) is 0 Å². The normalized spacial score (nSPS) is 12.4. The Kier molecular flexibility index (Phi) is 65.1. The third-order valence-electron chi connectivity index (χ3n) is 15.5. The van der Waals surface area contributed by atoms with Gasteiger partial charge in [0.1, 0.15) is 13.2 Å². The Bertz CT molecular complexity index is 1410. The molecule has 0 fully saturated rings. The highest BCUT2D eigenvalue weighted by atomic mass is 16.6. The standard InChI is InChI=1S/C73H132O6/c1-4-7-10-13-16-19-22-25-28-30-32-33-34-35-36-37-38-39-40-41-43-45-48-51-54-57-60-63-66-72(75)78-69-70(68-77-71(74)65-62-59-56-53-50-47-44-27-24-21-18-15-12-9-6-3)79-73(76)67-64-61-58-55-52-49-46-42-31-29-26-23-20-17-14-11-8-5-2/h9,12,18,20-21,23,27,29,31,44,70H,4-8,10-11,13-17,19,22,24-26,28,30,32-43,45-69H2,1-3H3/b12-9-,21-18-,23-20-,31-29-,44-27-. The molecule has 0 aromatic carbocycles. The third kappa shape index (κ3) is 65.8. The number of carbonyl (C=O) groups is 3. The zero-order chi connectivity index (χ0) is 57.1. The maximum absolute atomic E-state index is 12.9. The van der Waals surface area contributed by atoms with Gasteiger partial charge in [0, 0.05) is 19.3 Å². The summed E-state index contributed by atoms with van der Waals surface area (Å²) in [7, 11) is 0. The fourth-order valence-electron chi connectivity index (χ4n) is 10.3. The molecule has 6 heteroatoms. The number of hydrogen-bond acceptors (Lipinski definition) is 6. The molecule has 0 amide bonds. The van der Waals surface area contributed by atoms with Crippen molar-refractivity contribution in [3.05, 3.63) is 60.8 Å². The Morgan fingerprint density at radius 3 is 0.785 bits per heavy atom. The van der Waals surface area contributed by atoms with Crippen molar-refractivity contribution in [2.75, 3.05) is 13.2 Å². The number of unbranched alkanes of at least 4 members (excludes halogenated alkanes) is 43. The Morgan fingerprint density at radius 2 is 0.494 bits per heavy atom. The Balaban J connectivity index is 4.24. The molecule has 0 saturated heterocycles. The van der Waals surface area contributed by atoms with Crippen molar-refractivity contribution in [1.29, 1.82) is 0 Å². The summed E-state index contributed by atoms with van der Waals surface area (Å²) in [6, 6.07) is 0. The van der Waals surface area contributed by atoms with Gasteiger partial charge < -0.3 is 14.2 Å². The molecule has 0 aromatic heterocycles. The summed E-state index contributed by atoms with van der Waals surface area (Å²) in [5, 5.41) is 0. The first-order valence-corrected chi connectivity index (χ1v) is 34.8. The smallest absolute Gasteiger partial charge is 0.306 e. The zero-order valence-electron chi connectivity index (χ0n) is 52.9. The lowest BCUT2D eigenvalue weighted by molar-refractivity contribution is -0.167. The monoisotopic (exact) mass is 1110 g/mol. The highest BCUT2D eigenvalue weighted by Gasteiger charge is 2.19. The summed E-state index contributed by atoms with van der Waals surface area (Å²) >= 11 is 0. The second-order valence-electron chi connectivity index (χ2n) is 23.4. The van der Waals surface area contributed by atoms with Gasteiger partial charge in [0.15, 0.2) is 6.10 Å². The van der Waals surface area contributed by atoms with E-state index in [2.05, 4.69) is 81.5 Å². The van der Waals surface area contributed by atoms with Crippen LogP contribution in [0.3, 0.4) is 0 Å².